The summed E-state index contributed by atoms with van der Waals surface area (Å²) >= 11 is 3.26. The molecular formula is C11H16N4S2. The van der Waals surface area contributed by atoms with Gasteiger partial charge in [-0.1, -0.05) is 32.1 Å². The van der Waals surface area contributed by atoms with Gasteiger partial charge in [-0.15, -0.1) is 21.5 Å². The number of nitrogens with one attached hydrogen (secondary N) is 1. The summed E-state index contributed by atoms with van der Waals surface area (Å²) < 4.78 is 0. The van der Waals surface area contributed by atoms with E-state index in [-0.39, 0.29) is 5.41 Å². The molecule has 0 aliphatic carbocycles. The average Bonchev–Trinajstić information content (AvgIpc) is 2.82. The van der Waals surface area contributed by atoms with E-state index in [0.717, 1.165) is 26.6 Å². The fourth-order valence-electron chi connectivity index (χ4n) is 1.27. The lowest BCUT2D eigenvalue weighted by atomic mass is 9.98. The topological polar surface area (TPSA) is 50.7 Å². The molecule has 2 aromatic rings. The number of nitrogens with zero attached hydrogens (tertiary/aromatic N) is 3. The normalized spacial score (nSPS) is 11.8. The Morgan fingerprint density at radius 3 is 2.59 bits per heavy atom. The zero-order valence-electron chi connectivity index (χ0n) is 10.4. The summed E-state index contributed by atoms with van der Waals surface area (Å²) in [6.45, 7) is 9.41. The van der Waals surface area contributed by atoms with Gasteiger partial charge in [0, 0.05) is 18.2 Å². The lowest BCUT2D eigenvalue weighted by Gasteiger charge is -2.13. The van der Waals surface area contributed by atoms with Crippen molar-refractivity contribution >= 4 is 27.8 Å². The van der Waals surface area contributed by atoms with Gasteiger partial charge in [-0.2, -0.15) is 0 Å². The second-order valence-electron chi connectivity index (χ2n) is 4.72. The molecule has 0 fully saturated rings. The van der Waals surface area contributed by atoms with Crippen LogP contribution in [0, 0.1) is 0 Å². The number of thiazole rings is 1. The third-order valence-electron chi connectivity index (χ3n) is 2.11. The number of hydrogen-bond acceptors (Lipinski definition) is 6. The lowest BCUT2D eigenvalue weighted by Crippen LogP contribution is -2.09. The van der Waals surface area contributed by atoms with E-state index in [9.17, 15) is 0 Å². The Kier molecular flexibility index (Phi) is 3.44. The van der Waals surface area contributed by atoms with E-state index in [0.29, 0.717) is 0 Å². The summed E-state index contributed by atoms with van der Waals surface area (Å²) in [5.41, 5.74) is 0.0953. The summed E-state index contributed by atoms with van der Waals surface area (Å²) in [5.74, 6) is 0. The Hall–Kier alpha value is -1.01. The molecule has 2 aromatic heterocycles. The van der Waals surface area contributed by atoms with Gasteiger partial charge in [0.2, 0.25) is 5.13 Å². The summed E-state index contributed by atoms with van der Waals surface area (Å²) in [6, 6.07) is 0. The van der Waals surface area contributed by atoms with Crippen LogP contribution in [0.25, 0.3) is 9.88 Å². The first-order valence-electron chi connectivity index (χ1n) is 5.54. The molecule has 0 amide bonds. The molecule has 0 saturated carbocycles. The van der Waals surface area contributed by atoms with Gasteiger partial charge in [0.25, 0.3) is 0 Å². The van der Waals surface area contributed by atoms with Gasteiger partial charge >= 0.3 is 0 Å². The lowest BCUT2D eigenvalue weighted by molar-refractivity contribution is 0.585. The molecule has 0 spiro atoms. The Morgan fingerprint density at radius 1 is 1.24 bits per heavy atom. The highest BCUT2D eigenvalue weighted by molar-refractivity contribution is 7.23. The van der Waals surface area contributed by atoms with E-state index < -0.39 is 0 Å². The van der Waals surface area contributed by atoms with Gasteiger partial charge in [-0.25, -0.2) is 4.98 Å². The third kappa shape index (κ3) is 2.81. The van der Waals surface area contributed by atoms with Crippen LogP contribution < -0.4 is 5.32 Å². The predicted molar refractivity (Wildman–Crippen MR) is 73.9 cm³/mol. The minimum Gasteiger partial charge on any atom is -0.360 e. The highest BCUT2D eigenvalue weighted by atomic mass is 32.1. The Balaban J connectivity index is 2.24. The van der Waals surface area contributed by atoms with Crippen LogP contribution in [0.3, 0.4) is 0 Å². The Labute approximate surface area is 109 Å². The van der Waals surface area contributed by atoms with Gasteiger partial charge in [-0.3, -0.25) is 0 Å². The number of rotatable bonds is 3. The maximum absolute atomic E-state index is 4.46. The van der Waals surface area contributed by atoms with Gasteiger partial charge in [0.05, 0.1) is 9.88 Å². The van der Waals surface area contributed by atoms with E-state index in [1.165, 1.54) is 0 Å². The minimum atomic E-state index is 0.0953. The molecule has 2 rings (SSSR count). The number of anilines is 1. The van der Waals surface area contributed by atoms with E-state index in [2.05, 4.69) is 41.3 Å². The Bertz CT molecular complexity index is 496. The molecule has 1 N–H and O–H groups in total. The molecule has 0 unspecified atom stereocenters. The molecule has 0 aliphatic heterocycles. The fourth-order valence-corrected chi connectivity index (χ4v) is 3.08. The molecule has 2 heterocycles. The van der Waals surface area contributed by atoms with E-state index in [1.54, 1.807) is 22.7 Å². The van der Waals surface area contributed by atoms with Gasteiger partial charge < -0.3 is 5.32 Å². The van der Waals surface area contributed by atoms with Crippen molar-refractivity contribution in [1.82, 2.24) is 15.2 Å². The van der Waals surface area contributed by atoms with Crippen LogP contribution in [-0.2, 0) is 5.41 Å². The van der Waals surface area contributed by atoms with E-state index in [4.69, 9.17) is 0 Å². The molecule has 0 saturated heterocycles. The van der Waals surface area contributed by atoms with Crippen molar-refractivity contribution in [2.24, 2.45) is 0 Å². The van der Waals surface area contributed by atoms with Crippen LogP contribution in [0.1, 0.15) is 32.7 Å². The first-order chi connectivity index (χ1) is 8.00. The van der Waals surface area contributed by atoms with Crippen molar-refractivity contribution in [3.8, 4) is 9.88 Å². The highest BCUT2D eigenvalue weighted by Gasteiger charge is 2.19. The smallest absolute Gasteiger partial charge is 0.206 e. The molecule has 0 atom stereocenters. The molecule has 4 nitrogen and oxygen atoms in total. The summed E-state index contributed by atoms with van der Waals surface area (Å²) in [4.78, 5) is 5.55. The van der Waals surface area contributed by atoms with Crippen LogP contribution in [0.5, 0.6) is 0 Å². The molecule has 0 bridgehead atoms. The van der Waals surface area contributed by atoms with Crippen LogP contribution in [0.2, 0.25) is 0 Å². The molecule has 6 heteroatoms. The van der Waals surface area contributed by atoms with Crippen LogP contribution in [-0.4, -0.2) is 21.7 Å². The van der Waals surface area contributed by atoms with Crippen molar-refractivity contribution in [2.75, 3.05) is 11.9 Å². The quantitative estimate of drug-likeness (QED) is 0.927. The van der Waals surface area contributed by atoms with Crippen molar-refractivity contribution in [2.45, 2.75) is 33.1 Å². The second-order valence-corrected chi connectivity index (χ2v) is 6.73. The molecular weight excluding hydrogens is 252 g/mol. The van der Waals surface area contributed by atoms with Gasteiger partial charge in [-0.05, 0) is 6.92 Å². The van der Waals surface area contributed by atoms with Crippen molar-refractivity contribution in [3.63, 3.8) is 0 Å². The van der Waals surface area contributed by atoms with Crippen LogP contribution >= 0.6 is 22.7 Å². The Morgan fingerprint density at radius 2 is 2.00 bits per heavy atom. The van der Waals surface area contributed by atoms with Gasteiger partial charge in [0.15, 0.2) is 5.01 Å². The van der Waals surface area contributed by atoms with Crippen LogP contribution in [0.4, 0.5) is 5.13 Å². The minimum absolute atomic E-state index is 0.0953. The monoisotopic (exact) mass is 268 g/mol. The zero-order valence-corrected chi connectivity index (χ0v) is 12.1. The summed E-state index contributed by atoms with van der Waals surface area (Å²) in [6.07, 6.45) is 1.89. The molecule has 17 heavy (non-hydrogen) atoms. The van der Waals surface area contributed by atoms with Crippen molar-refractivity contribution < 1.29 is 0 Å². The standard InChI is InChI=1S/C11H16N4S2/c1-5-12-10-15-14-8(17-10)7-6-13-9(16-7)11(2,3)4/h6H,5H2,1-4H3,(H,12,15). The SMILES string of the molecule is CCNc1nnc(-c2cnc(C(C)(C)C)s2)s1. The predicted octanol–water partition coefficient (Wildman–Crippen LogP) is 3.39. The molecule has 0 aromatic carbocycles. The number of aromatic nitrogens is 3. The largest absolute Gasteiger partial charge is 0.360 e. The van der Waals surface area contributed by atoms with Crippen molar-refractivity contribution in [3.05, 3.63) is 11.2 Å². The fraction of sp³-hybridized carbons (Fsp3) is 0.545. The molecule has 0 radical (unpaired) electrons. The molecule has 92 valence electrons. The maximum Gasteiger partial charge on any atom is 0.206 e. The van der Waals surface area contributed by atoms with E-state index >= 15 is 0 Å². The molecule has 0 aliphatic rings. The summed E-state index contributed by atoms with van der Waals surface area (Å²) in [5, 5.41) is 14.4. The first-order valence-corrected chi connectivity index (χ1v) is 7.18. The van der Waals surface area contributed by atoms with Gasteiger partial charge in [0.1, 0.15) is 0 Å². The first kappa shape index (κ1) is 12.4. The summed E-state index contributed by atoms with van der Waals surface area (Å²) in [7, 11) is 0. The maximum atomic E-state index is 4.46. The van der Waals surface area contributed by atoms with Crippen molar-refractivity contribution in [1.29, 1.82) is 0 Å². The zero-order chi connectivity index (χ0) is 12.5. The highest BCUT2D eigenvalue weighted by Crippen LogP contribution is 2.34. The van der Waals surface area contributed by atoms with Crippen LogP contribution in [0.15, 0.2) is 6.20 Å². The average molecular weight is 268 g/mol. The van der Waals surface area contributed by atoms with E-state index in [1.807, 2.05) is 13.1 Å². The third-order valence-corrected chi connectivity index (χ3v) is 4.58. The second kappa shape index (κ2) is 4.70. The number of hydrogen-bond donors (Lipinski definition) is 1.